The van der Waals surface area contributed by atoms with Crippen molar-refractivity contribution in [2.45, 2.75) is 26.8 Å². The molecule has 0 spiro atoms. The molecule has 0 saturated carbocycles. The van der Waals surface area contributed by atoms with E-state index >= 15 is 0 Å². The van der Waals surface area contributed by atoms with E-state index in [9.17, 15) is 9.59 Å². The van der Waals surface area contributed by atoms with Crippen molar-refractivity contribution in [2.75, 3.05) is 40.4 Å². The zero-order valence-electron chi connectivity index (χ0n) is 15.7. The SMILES string of the molecule is CCNC(=O)CN(CC)CC(=O)N[C@H](C)c1cc(OC)ccc1OC. The summed E-state index contributed by atoms with van der Waals surface area (Å²) >= 11 is 0. The van der Waals surface area contributed by atoms with Gasteiger partial charge in [0, 0.05) is 12.1 Å². The van der Waals surface area contributed by atoms with Gasteiger partial charge in [-0.25, -0.2) is 0 Å². The quantitative estimate of drug-likeness (QED) is 0.665. The second kappa shape index (κ2) is 10.6. The van der Waals surface area contributed by atoms with Gasteiger partial charge in [0.15, 0.2) is 0 Å². The highest BCUT2D eigenvalue weighted by molar-refractivity contribution is 5.81. The molecule has 0 unspecified atom stereocenters. The number of carbonyl (C=O) groups excluding carboxylic acids is 2. The highest BCUT2D eigenvalue weighted by Gasteiger charge is 2.18. The van der Waals surface area contributed by atoms with E-state index in [1.54, 1.807) is 19.1 Å². The van der Waals surface area contributed by atoms with Gasteiger partial charge in [-0.15, -0.1) is 0 Å². The van der Waals surface area contributed by atoms with Crippen molar-refractivity contribution in [2.24, 2.45) is 0 Å². The Bertz CT molecular complexity index is 577. The van der Waals surface area contributed by atoms with Crippen LogP contribution in [-0.2, 0) is 9.59 Å². The van der Waals surface area contributed by atoms with Crippen LogP contribution in [0.2, 0.25) is 0 Å². The highest BCUT2D eigenvalue weighted by Crippen LogP contribution is 2.29. The molecular formula is C18H29N3O4. The van der Waals surface area contributed by atoms with Crippen molar-refractivity contribution in [1.29, 1.82) is 0 Å². The number of rotatable bonds is 10. The molecule has 0 saturated heterocycles. The molecule has 1 atom stereocenters. The number of hydrogen-bond acceptors (Lipinski definition) is 5. The molecule has 2 N–H and O–H groups in total. The second-order valence-electron chi connectivity index (χ2n) is 5.65. The number of likely N-dealkylation sites (N-methyl/N-ethyl adjacent to an activating group) is 2. The third-order valence-corrected chi connectivity index (χ3v) is 3.84. The van der Waals surface area contributed by atoms with Crippen LogP contribution in [0.15, 0.2) is 18.2 Å². The zero-order valence-corrected chi connectivity index (χ0v) is 15.7. The Morgan fingerprint density at radius 1 is 1.12 bits per heavy atom. The molecule has 0 aliphatic carbocycles. The third kappa shape index (κ3) is 6.62. The Labute approximate surface area is 149 Å². The maximum Gasteiger partial charge on any atom is 0.234 e. The Morgan fingerprint density at radius 3 is 2.36 bits per heavy atom. The Morgan fingerprint density at radius 2 is 1.80 bits per heavy atom. The number of benzene rings is 1. The fourth-order valence-electron chi connectivity index (χ4n) is 2.48. The lowest BCUT2D eigenvalue weighted by molar-refractivity contribution is -0.125. The summed E-state index contributed by atoms with van der Waals surface area (Å²) in [5, 5.41) is 5.68. The van der Waals surface area contributed by atoms with Gasteiger partial charge in [-0.3, -0.25) is 14.5 Å². The van der Waals surface area contributed by atoms with Crippen LogP contribution >= 0.6 is 0 Å². The van der Waals surface area contributed by atoms with Crippen LogP contribution in [0.3, 0.4) is 0 Å². The van der Waals surface area contributed by atoms with E-state index in [1.165, 1.54) is 0 Å². The van der Waals surface area contributed by atoms with E-state index in [4.69, 9.17) is 9.47 Å². The van der Waals surface area contributed by atoms with Crippen molar-refractivity contribution < 1.29 is 19.1 Å². The van der Waals surface area contributed by atoms with Crippen LogP contribution in [0, 0.1) is 0 Å². The van der Waals surface area contributed by atoms with Gasteiger partial charge in [0.05, 0.1) is 33.4 Å². The first-order valence-corrected chi connectivity index (χ1v) is 8.45. The molecule has 2 amide bonds. The monoisotopic (exact) mass is 351 g/mol. The van der Waals surface area contributed by atoms with Gasteiger partial charge in [-0.05, 0) is 38.6 Å². The zero-order chi connectivity index (χ0) is 18.8. The molecule has 0 fully saturated rings. The lowest BCUT2D eigenvalue weighted by Crippen LogP contribution is -2.43. The predicted octanol–water partition coefficient (Wildman–Crippen LogP) is 1.34. The van der Waals surface area contributed by atoms with Crippen molar-refractivity contribution >= 4 is 11.8 Å². The number of amides is 2. The number of carbonyl (C=O) groups is 2. The summed E-state index contributed by atoms with van der Waals surface area (Å²) in [5.74, 6) is 1.15. The third-order valence-electron chi connectivity index (χ3n) is 3.84. The molecule has 7 nitrogen and oxygen atoms in total. The molecule has 7 heteroatoms. The number of hydrogen-bond donors (Lipinski definition) is 2. The van der Waals surface area contributed by atoms with Gasteiger partial charge >= 0.3 is 0 Å². The molecule has 140 valence electrons. The minimum absolute atomic E-state index is 0.0836. The van der Waals surface area contributed by atoms with Crippen molar-refractivity contribution in [3.63, 3.8) is 0 Å². The molecule has 0 aromatic heterocycles. The van der Waals surface area contributed by atoms with Gasteiger partial charge in [-0.2, -0.15) is 0 Å². The average Bonchev–Trinajstić information content (AvgIpc) is 2.60. The summed E-state index contributed by atoms with van der Waals surface area (Å²) in [6.07, 6.45) is 0. The second-order valence-corrected chi connectivity index (χ2v) is 5.65. The number of ether oxygens (including phenoxy) is 2. The van der Waals surface area contributed by atoms with Crippen LogP contribution in [0.25, 0.3) is 0 Å². The first-order chi connectivity index (χ1) is 11.9. The van der Waals surface area contributed by atoms with Gasteiger partial charge in [-0.1, -0.05) is 6.92 Å². The van der Waals surface area contributed by atoms with Crippen LogP contribution < -0.4 is 20.1 Å². The topological polar surface area (TPSA) is 79.9 Å². The summed E-state index contributed by atoms with van der Waals surface area (Å²) in [5.41, 5.74) is 0.835. The highest BCUT2D eigenvalue weighted by atomic mass is 16.5. The molecule has 0 bridgehead atoms. The molecular weight excluding hydrogens is 322 g/mol. The molecule has 0 radical (unpaired) electrons. The minimum Gasteiger partial charge on any atom is -0.497 e. The Balaban J connectivity index is 2.71. The average molecular weight is 351 g/mol. The standard InChI is InChI=1S/C18H29N3O4/c1-6-19-17(22)11-21(7-2)12-18(23)20-13(3)15-10-14(24-4)8-9-16(15)25-5/h8-10,13H,6-7,11-12H2,1-5H3,(H,19,22)(H,20,23)/t13-/m1/s1. The van der Waals surface area contributed by atoms with Crippen molar-refractivity contribution in [3.05, 3.63) is 23.8 Å². The van der Waals surface area contributed by atoms with Crippen LogP contribution in [0.4, 0.5) is 0 Å². The van der Waals surface area contributed by atoms with Gasteiger partial charge in [0.2, 0.25) is 11.8 Å². The summed E-state index contributed by atoms with van der Waals surface area (Å²) in [6.45, 7) is 7.22. The molecule has 1 rings (SSSR count). The van der Waals surface area contributed by atoms with E-state index in [2.05, 4.69) is 10.6 Å². The lowest BCUT2D eigenvalue weighted by atomic mass is 10.1. The molecule has 0 heterocycles. The Hall–Kier alpha value is -2.28. The number of methoxy groups -OCH3 is 2. The minimum atomic E-state index is -0.249. The summed E-state index contributed by atoms with van der Waals surface area (Å²) in [7, 11) is 3.18. The normalized spacial score (nSPS) is 11.8. The molecule has 1 aromatic carbocycles. The smallest absolute Gasteiger partial charge is 0.234 e. The fourth-order valence-corrected chi connectivity index (χ4v) is 2.48. The summed E-state index contributed by atoms with van der Waals surface area (Å²) < 4.78 is 10.6. The van der Waals surface area contributed by atoms with Crippen LogP contribution in [-0.4, -0.2) is 57.1 Å². The van der Waals surface area contributed by atoms with Gasteiger partial charge < -0.3 is 20.1 Å². The molecule has 0 aliphatic rings. The van der Waals surface area contributed by atoms with Crippen molar-refractivity contribution in [1.82, 2.24) is 15.5 Å². The van der Waals surface area contributed by atoms with Crippen molar-refractivity contribution in [3.8, 4) is 11.5 Å². The largest absolute Gasteiger partial charge is 0.497 e. The maximum atomic E-state index is 12.3. The van der Waals surface area contributed by atoms with E-state index in [1.807, 2.05) is 39.0 Å². The number of nitrogens with zero attached hydrogens (tertiary/aromatic N) is 1. The van der Waals surface area contributed by atoms with E-state index in [-0.39, 0.29) is 30.9 Å². The van der Waals surface area contributed by atoms with E-state index in [0.717, 1.165) is 5.56 Å². The van der Waals surface area contributed by atoms with Gasteiger partial charge in [0.25, 0.3) is 0 Å². The van der Waals surface area contributed by atoms with E-state index < -0.39 is 0 Å². The summed E-state index contributed by atoms with van der Waals surface area (Å²) in [6, 6.07) is 5.21. The first kappa shape index (κ1) is 20.8. The van der Waals surface area contributed by atoms with Gasteiger partial charge in [0.1, 0.15) is 11.5 Å². The maximum absolute atomic E-state index is 12.3. The Kier molecular flexibility index (Phi) is 8.77. The predicted molar refractivity (Wildman–Crippen MR) is 96.9 cm³/mol. The summed E-state index contributed by atoms with van der Waals surface area (Å²) in [4.78, 5) is 25.8. The van der Waals surface area contributed by atoms with Crippen LogP contribution in [0.5, 0.6) is 11.5 Å². The lowest BCUT2D eigenvalue weighted by Gasteiger charge is -2.22. The molecule has 0 aliphatic heterocycles. The first-order valence-electron chi connectivity index (χ1n) is 8.45. The van der Waals surface area contributed by atoms with Crippen LogP contribution in [0.1, 0.15) is 32.4 Å². The van der Waals surface area contributed by atoms with E-state index in [0.29, 0.717) is 24.6 Å². The fraction of sp³-hybridized carbons (Fsp3) is 0.556. The molecule has 1 aromatic rings. The number of nitrogens with one attached hydrogen (secondary N) is 2. The molecule has 25 heavy (non-hydrogen) atoms.